The van der Waals surface area contributed by atoms with E-state index in [-0.39, 0.29) is 10.4 Å². The lowest BCUT2D eigenvalue weighted by molar-refractivity contribution is -0.287. The maximum atomic E-state index is 12.3. The Balaban J connectivity index is 2.08. The van der Waals surface area contributed by atoms with Crippen LogP contribution in [0.2, 0.25) is 0 Å². The van der Waals surface area contributed by atoms with Crippen molar-refractivity contribution in [1.29, 1.82) is 0 Å². The van der Waals surface area contributed by atoms with Gasteiger partial charge >= 0.3 is 11.9 Å². The van der Waals surface area contributed by atoms with E-state index in [0.29, 0.717) is 0 Å². The van der Waals surface area contributed by atoms with Gasteiger partial charge < -0.3 is 29.9 Å². The van der Waals surface area contributed by atoms with Crippen LogP contribution < -0.4 is 0 Å². The fourth-order valence-corrected chi connectivity index (χ4v) is 3.18. The number of hydrogen-bond acceptors (Lipinski definition) is 7. The lowest BCUT2D eigenvalue weighted by Gasteiger charge is -2.38. The number of rotatable bonds is 4. The topological polar surface area (TPSA) is 134 Å². The van der Waals surface area contributed by atoms with Crippen molar-refractivity contribution in [3.8, 4) is 0 Å². The minimum Gasteiger partial charge on any atom is -0.479 e. The number of carbonyl (C=O) groups excluding carboxylic acids is 1. The third-order valence-electron chi connectivity index (χ3n) is 4.52. The lowest BCUT2D eigenvalue weighted by Crippen LogP contribution is -2.60. The summed E-state index contributed by atoms with van der Waals surface area (Å²) in [6.07, 6.45) is -7.53. The predicted molar refractivity (Wildman–Crippen MR) is 81.0 cm³/mol. The normalized spacial score (nSPS) is 40.5. The minimum atomic E-state index is -1.85. The molecule has 0 aromatic heterocycles. The number of ether oxygens (including phenoxy) is 2. The monoisotopic (exact) mass is 384 g/mol. The molecular formula is C14H18Cl2O8. The van der Waals surface area contributed by atoms with E-state index < -0.39 is 54.0 Å². The van der Waals surface area contributed by atoms with Crippen LogP contribution in [0.3, 0.4) is 0 Å². The van der Waals surface area contributed by atoms with Crippen LogP contribution in [-0.4, -0.2) is 63.1 Å². The van der Waals surface area contributed by atoms with Gasteiger partial charge in [-0.15, -0.1) is 0 Å². The molecule has 1 aliphatic heterocycles. The standard InChI is InChI=1S/C14H18Cl2O8/c1-14(2)4(3-5(15)16)6(14)12(22)24-13-9(19)7(17)8(18)10(23-13)11(20)21/h3-4,6-10,13,17-19H,1-2H3,(H,20,21). The lowest BCUT2D eigenvalue weighted by atomic mass is 9.99. The molecule has 0 radical (unpaired) electrons. The van der Waals surface area contributed by atoms with E-state index in [2.05, 4.69) is 0 Å². The highest BCUT2D eigenvalue weighted by Crippen LogP contribution is 2.60. The maximum absolute atomic E-state index is 12.3. The van der Waals surface area contributed by atoms with E-state index in [0.717, 1.165) is 0 Å². The molecule has 2 aliphatic rings. The minimum absolute atomic E-state index is 0.00168. The molecule has 0 aromatic rings. The second-order valence-corrected chi connectivity index (χ2v) is 7.46. The predicted octanol–water partition coefficient (Wildman–Crippen LogP) is 0.0130. The molecule has 7 atom stereocenters. The number of hydrogen-bond donors (Lipinski definition) is 4. The van der Waals surface area contributed by atoms with Crippen molar-refractivity contribution in [2.45, 2.75) is 44.6 Å². The summed E-state index contributed by atoms with van der Waals surface area (Å²) in [4.78, 5) is 23.3. The number of carboxylic acid groups (broad SMARTS) is 1. The molecule has 1 heterocycles. The molecule has 0 amide bonds. The summed E-state index contributed by atoms with van der Waals surface area (Å²) in [5.74, 6) is -3.22. The number of aliphatic carboxylic acids is 1. The molecule has 8 nitrogen and oxygen atoms in total. The second-order valence-electron chi connectivity index (χ2n) is 6.45. The van der Waals surface area contributed by atoms with Crippen LogP contribution in [0, 0.1) is 17.3 Å². The Kier molecular flexibility index (Phi) is 5.49. The van der Waals surface area contributed by atoms with E-state index in [4.69, 9.17) is 37.8 Å². The largest absolute Gasteiger partial charge is 0.479 e. The second kappa shape index (κ2) is 6.78. The number of esters is 1. The molecule has 0 aromatic carbocycles. The molecular weight excluding hydrogens is 367 g/mol. The van der Waals surface area contributed by atoms with Crippen molar-refractivity contribution in [3.63, 3.8) is 0 Å². The van der Waals surface area contributed by atoms with Crippen LogP contribution in [-0.2, 0) is 19.1 Å². The Bertz CT molecular complexity index is 559. The summed E-state index contributed by atoms with van der Waals surface area (Å²) < 4.78 is 9.92. The number of allylic oxidation sites excluding steroid dienone is 1. The van der Waals surface area contributed by atoms with Gasteiger partial charge in [0.15, 0.2) is 6.10 Å². The molecule has 24 heavy (non-hydrogen) atoms. The Hall–Kier alpha value is -0.900. The molecule has 136 valence electrons. The van der Waals surface area contributed by atoms with Crippen molar-refractivity contribution >= 4 is 35.1 Å². The maximum Gasteiger partial charge on any atom is 0.335 e. The first-order chi connectivity index (χ1) is 11.0. The van der Waals surface area contributed by atoms with Gasteiger partial charge in [0.25, 0.3) is 0 Å². The quantitative estimate of drug-likeness (QED) is 0.498. The van der Waals surface area contributed by atoms with Gasteiger partial charge in [-0.3, -0.25) is 4.79 Å². The highest BCUT2D eigenvalue weighted by atomic mass is 35.5. The zero-order valence-corrected chi connectivity index (χ0v) is 14.3. The van der Waals surface area contributed by atoms with Gasteiger partial charge in [0.05, 0.1) is 5.92 Å². The molecule has 2 fully saturated rings. The Morgan fingerprint density at radius 3 is 2.21 bits per heavy atom. The highest BCUT2D eigenvalue weighted by Gasteiger charge is 2.62. The van der Waals surface area contributed by atoms with Crippen LogP contribution in [0.25, 0.3) is 0 Å². The van der Waals surface area contributed by atoms with Gasteiger partial charge in [0.2, 0.25) is 6.29 Å². The van der Waals surface area contributed by atoms with E-state index in [1.165, 1.54) is 6.08 Å². The molecule has 7 unspecified atom stereocenters. The number of carbonyl (C=O) groups is 2. The van der Waals surface area contributed by atoms with E-state index >= 15 is 0 Å². The smallest absolute Gasteiger partial charge is 0.335 e. The zero-order chi connectivity index (χ0) is 18.4. The molecule has 0 bridgehead atoms. The zero-order valence-electron chi connectivity index (χ0n) is 12.8. The van der Waals surface area contributed by atoms with E-state index in [9.17, 15) is 24.9 Å². The average Bonchev–Trinajstić information content (AvgIpc) is 2.99. The summed E-state index contributed by atoms with van der Waals surface area (Å²) in [5.41, 5.74) is -0.490. The summed E-state index contributed by atoms with van der Waals surface area (Å²) in [7, 11) is 0. The van der Waals surface area contributed by atoms with Crippen LogP contribution >= 0.6 is 23.2 Å². The summed E-state index contributed by atoms with van der Waals surface area (Å²) in [6, 6.07) is 0. The van der Waals surface area contributed by atoms with Crippen molar-refractivity contribution in [2.24, 2.45) is 17.3 Å². The summed E-state index contributed by atoms with van der Waals surface area (Å²) in [6.45, 7) is 3.57. The third kappa shape index (κ3) is 3.54. The first kappa shape index (κ1) is 19.4. The van der Waals surface area contributed by atoms with Crippen molar-refractivity contribution < 1.29 is 39.5 Å². The van der Waals surface area contributed by atoms with Gasteiger partial charge in [-0.25, -0.2) is 4.79 Å². The molecule has 10 heteroatoms. The average molecular weight is 385 g/mol. The van der Waals surface area contributed by atoms with Gasteiger partial charge in [-0.1, -0.05) is 37.0 Å². The Labute approximate surface area is 147 Å². The van der Waals surface area contributed by atoms with Crippen LogP contribution in [0.15, 0.2) is 10.6 Å². The Morgan fingerprint density at radius 2 is 1.71 bits per heavy atom. The first-order valence-corrected chi connectivity index (χ1v) is 7.89. The first-order valence-electron chi connectivity index (χ1n) is 7.14. The number of halogens is 2. The van der Waals surface area contributed by atoms with Crippen molar-refractivity contribution in [2.75, 3.05) is 0 Å². The third-order valence-corrected chi connectivity index (χ3v) is 4.77. The molecule has 1 saturated carbocycles. The fourth-order valence-electron chi connectivity index (χ4n) is 2.91. The van der Waals surface area contributed by atoms with Gasteiger partial charge in [0.1, 0.15) is 22.8 Å². The van der Waals surface area contributed by atoms with Gasteiger partial charge in [-0.2, -0.15) is 0 Å². The fraction of sp³-hybridized carbons (Fsp3) is 0.714. The van der Waals surface area contributed by atoms with Gasteiger partial charge in [0, 0.05) is 0 Å². The van der Waals surface area contributed by atoms with Crippen LogP contribution in [0.1, 0.15) is 13.8 Å². The number of carboxylic acids is 1. The molecule has 1 saturated heterocycles. The van der Waals surface area contributed by atoms with Crippen LogP contribution in [0.4, 0.5) is 0 Å². The molecule has 1 aliphatic carbocycles. The van der Waals surface area contributed by atoms with Gasteiger partial charge in [-0.05, 0) is 17.4 Å². The Morgan fingerprint density at radius 1 is 1.12 bits per heavy atom. The van der Waals surface area contributed by atoms with Crippen molar-refractivity contribution in [3.05, 3.63) is 10.6 Å². The van der Waals surface area contributed by atoms with Crippen LogP contribution in [0.5, 0.6) is 0 Å². The summed E-state index contributed by atoms with van der Waals surface area (Å²) >= 11 is 11.2. The number of aliphatic hydroxyl groups excluding tert-OH is 3. The van der Waals surface area contributed by atoms with Crippen molar-refractivity contribution in [1.82, 2.24) is 0 Å². The summed E-state index contributed by atoms with van der Waals surface area (Å²) in [5, 5.41) is 38.1. The molecule has 4 N–H and O–H groups in total. The highest BCUT2D eigenvalue weighted by molar-refractivity contribution is 6.55. The molecule has 2 rings (SSSR count). The number of aliphatic hydroxyl groups is 3. The SMILES string of the molecule is CC1(C)C(C=C(Cl)Cl)C1C(=O)OC1OC(C(=O)O)C(O)C(O)C1O. The van der Waals surface area contributed by atoms with E-state index in [1.807, 2.05) is 0 Å². The van der Waals surface area contributed by atoms with E-state index in [1.54, 1.807) is 13.8 Å². The molecule has 0 spiro atoms.